The highest BCUT2D eigenvalue weighted by Gasteiger charge is 2.16. The maximum Gasteiger partial charge on any atom is 0.191 e. The Kier molecular flexibility index (Phi) is 5.26. The number of aryl methyl sites for hydroxylation is 1. The van der Waals surface area contributed by atoms with Gasteiger partial charge in [-0.1, -0.05) is 31.2 Å². The molecule has 1 aromatic rings. The fraction of sp³-hybridized carbons (Fsp3) is 0.692. The molecule has 4 nitrogen and oxygen atoms in total. The lowest BCUT2D eigenvalue weighted by atomic mass is 10.2. The van der Waals surface area contributed by atoms with E-state index in [1.165, 1.54) is 25.1 Å². The van der Waals surface area contributed by atoms with Gasteiger partial charge in [0.15, 0.2) is 5.16 Å². The molecule has 2 rings (SSSR count). The molecule has 2 heterocycles. The second-order valence-electron chi connectivity index (χ2n) is 4.74. The van der Waals surface area contributed by atoms with Gasteiger partial charge in [-0.25, -0.2) is 0 Å². The summed E-state index contributed by atoms with van der Waals surface area (Å²) in [6.07, 6.45) is 6.78. The SMILES string of the molecule is C=CCNCC(C)Sc1nnc2n1CCCCC2. The number of nitrogens with zero attached hydrogens (tertiary/aromatic N) is 3. The van der Waals surface area contributed by atoms with Crippen LogP contribution in [0.3, 0.4) is 0 Å². The molecular formula is C13H22N4S. The third-order valence-electron chi connectivity index (χ3n) is 3.10. The molecule has 18 heavy (non-hydrogen) atoms. The van der Waals surface area contributed by atoms with Crippen molar-refractivity contribution in [1.29, 1.82) is 0 Å². The summed E-state index contributed by atoms with van der Waals surface area (Å²) in [5.41, 5.74) is 0. The van der Waals surface area contributed by atoms with Crippen LogP contribution in [0.1, 0.15) is 32.0 Å². The van der Waals surface area contributed by atoms with E-state index in [1.807, 2.05) is 17.8 Å². The zero-order valence-corrected chi connectivity index (χ0v) is 11.9. The van der Waals surface area contributed by atoms with Gasteiger partial charge in [0.1, 0.15) is 5.82 Å². The molecule has 1 aliphatic heterocycles. The van der Waals surface area contributed by atoms with E-state index in [1.54, 1.807) is 0 Å². The molecule has 1 aromatic heterocycles. The van der Waals surface area contributed by atoms with Gasteiger partial charge in [-0.3, -0.25) is 0 Å². The Balaban J connectivity index is 1.92. The standard InChI is InChI=1S/C13H22N4S/c1-3-8-14-10-11(2)18-13-16-15-12-7-5-4-6-9-17(12)13/h3,11,14H,1,4-10H2,2H3. The molecule has 0 bridgehead atoms. The maximum atomic E-state index is 4.34. The first-order chi connectivity index (χ1) is 8.81. The van der Waals surface area contributed by atoms with Crippen LogP contribution in [0, 0.1) is 0 Å². The van der Waals surface area contributed by atoms with Gasteiger partial charge in [-0.2, -0.15) is 0 Å². The van der Waals surface area contributed by atoms with Crippen molar-refractivity contribution in [2.75, 3.05) is 13.1 Å². The predicted molar refractivity (Wildman–Crippen MR) is 76.0 cm³/mol. The molecule has 0 aliphatic carbocycles. The van der Waals surface area contributed by atoms with Crippen LogP contribution < -0.4 is 5.32 Å². The molecule has 0 fully saturated rings. The van der Waals surface area contributed by atoms with E-state index in [-0.39, 0.29) is 0 Å². The van der Waals surface area contributed by atoms with Crippen LogP contribution in [-0.4, -0.2) is 33.1 Å². The number of aromatic nitrogens is 3. The van der Waals surface area contributed by atoms with E-state index in [2.05, 4.69) is 33.6 Å². The number of hydrogen-bond acceptors (Lipinski definition) is 4. The summed E-state index contributed by atoms with van der Waals surface area (Å²) in [4.78, 5) is 0. The Morgan fingerprint density at radius 2 is 2.33 bits per heavy atom. The number of rotatable bonds is 6. The zero-order chi connectivity index (χ0) is 12.8. The number of thioether (sulfide) groups is 1. The minimum atomic E-state index is 0.501. The van der Waals surface area contributed by atoms with Gasteiger partial charge in [-0.15, -0.1) is 16.8 Å². The number of hydrogen-bond donors (Lipinski definition) is 1. The highest BCUT2D eigenvalue weighted by molar-refractivity contribution is 7.99. The van der Waals surface area contributed by atoms with Crippen molar-refractivity contribution in [3.05, 3.63) is 18.5 Å². The topological polar surface area (TPSA) is 42.7 Å². The van der Waals surface area contributed by atoms with Crippen LogP contribution in [0.4, 0.5) is 0 Å². The molecule has 1 aliphatic rings. The lowest BCUT2D eigenvalue weighted by molar-refractivity contribution is 0.589. The fourth-order valence-corrected chi connectivity index (χ4v) is 3.13. The summed E-state index contributed by atoms with van der Waals surface area (Å²) in [5.74, 6) is 1.17. The summed E-state index contributed by atoms with van der Waals surface area (Å²) in [6.45, 7) is 8.84. The summed E-state index contributed by atoms with van der Waals surface area (Å²) in [6, 6.07) is 0. The third-order valence-corrected chi connectivity index (χ3v) is 4.18. The first kappa shape index (κ1) is 13.6. The van der Waals surface area contributed by atoms with Crippen molar-refractivity contribution in [1.82, 2.24) is 20.1 Å². The van der Waals surface area contributed by atoms with Crippen molar-refractivity contribution in [3.8, 4) is 0 Å². The first-order valence-corrected chi connectivity index (χ1v) is 7.59. The molecule has 100 valence electrons. The minimum absolute atomic E-state index is 0.501. The summed E-state index contributed by atoms with van der Waals surface area (Å²) < 4.78 is 2.31. The molecule has 0 aromatic carbocycles. The molecule has 0 saturated heterocycles. The molecule has 1 unspecified atom stereocenters. The molecule has 0 spiro atoms. The van der Waals surface area contributed by atoms with Gasteiger partial charge in [0.2, 0.25) is 0 Å². The van der Waals surface area contributed by atoms with Crippen LogP contribution in [-0.2, 0) is 13.0 Å². The van der Waals surface area contributed by atoms with Crippen LogP contribution >= 0.6 is 11.8 Å². The third kappa shape index (κ3) is 3.59. The van der Waals surface area contributed by atoms with Crippen LogP contribution in [0.5, 0.6) is 0 Å². The lowest BCUT2D eigenvalue weighted by Crippen LogP contribution is -2.23. The maximum absolute atomic E-state index is 4.34. The van der Waals surface area contributed by atoms with Gasteiger partial charge in [0.05, 0.1) is 0 Å². The number of fused-ring (bicyclic) bond motifs is 1. The fourth-order valence-electron chi connectivity index (χ4n) is 2.16. The second kappa shape index (κ2) is 6.95. The van der Waals surface area contributed by atoms with Gasteiger partial charge in [0.25, 0.3) is 0 Å². The number of nitrogens with one attached hydrogen (secondary N) is 1. The van der Waals surface area contributed by atoms with E-state index >= 15 is 0 Å². The Morgan fingerprint density at radius 1 is 1.44 bits per heavy atom. The van der Waals surface area contributed by atoms with Gasteiger partial charge < -0.3 is 9.88 Å². The quantitative estimate of drug-likeness (QED) is 0.487. The molecule has 1 atom stereocenters. The van der Waals surface area contributed by atoms with E-state index in [4.69, 9.17) is 0 Å². The van der Waals surface area contributed by atoms with Crippen molar-refractivity contribution in [2.24, 2.45) is 0 Å². The molecule has 0 amide bonds. The molecule has 1 N–H and O–H groups in total. The van der Waals surface area contributed by atoms with E-state index in [0.29, 0.717) is 5.25 Å². The normalized spacial score (nSPS) is 16.9. The largest absolute Gasteiger partial charge is 0.312 e. The highest BCUT2D eigenvalue weighted by Crippen LogP contribution is 2.24. The summed E-state index contributed by atoms with van der Waals surface area (Å²) >= 11 is 1.82. The predicted octanol–water partition coefficient (Wildman–Crippen LogP) is 2.26. The highest BCUT2D eigenvalue weighted by atomic mass is 32.2. The monoisotopic (exact) mass is 266 g/mol. The lowest BCUT2D eigenvalue weighted by Gasteiger charge is -2.12. The van der Waals surface area contributed by atoms with Crippen molar-refractivity contribution in [3.63, 3.8) is 0 Å². The van der Waals surface area contributed by atoms with E-state index in [9.17, 15) is 0 Å². The van der Waals surface area contributed by atoms with Crippen LogP contribution in [0.15, 0.2) is 17.8 Å². The Hall–Kier alpha value is -0.810. The molecule has 0 saturated carbocycles. The Bertz CT molecular complexity index is 388. The first-order valence-electron chi connectivity index (χ1n) is 6.71. The van der Waals surface area contributed by atoms with Crippen molar-refractivity contribution in [2.45, 2.75) is 49.6 Å². The average molecular weight is 266 g/mol. The molecule has 5 heteroatoms. The van der Waals surface area contributed by atoms with E-state index in [0.717, 1.165) is 31.2 Å². The zero-order valence-electron chi connectivity index (χ0n) is 11.1. The Labute approximate surface area is 113 Å². The average Bonchev–Trinajstić information content (AvgIpc) is 2.60. The smallest absolute Gasteiger partial charge is 0.191 e. The minimum Gasteiger partial charge on any atom is -0.312 e. The van der Waals surface area contributed by atoms with Gasteiger partial charge in [0, 0.05) is 31.3 Å². The summed E-state index contributed by atoms with van der Waals surface area (Å²) in [5, 5.41) is 13.6. The van der Waals surface area contributed by atoms with Gasteiger partial charge >= 0.3 is 0 Å². The molecule has 0 radical (unpaired) electrons. The van der Waals surface area contributed by atoms with Crippen molar-refractivity contribution < 1.29 is 0 Å². The van der Waals surface area contributed by atoms with Crippen molar-refractivity contribution >= 4 is 11.8 Å². The summed E-state index contributed by atoms with van der Waals surface area (Å²) in [7, 11) is 0. The van der Waals surface area contributed by atoms with Gasteiger partial charge in [-0.05, 0) is 12.8 Å². The van der Waals surface area contributed by atoms with E-state index < -0.39 is 0 Å². The second-order valence-corrected chi connectivity index (χ2v) is 6.14. The Morgan fingerprint density at radius 3 is 3.17 bits per heavy atom. The van der Waals surface area contributed by atoms with Crippen LogP contribution in [0.25, 0.3) is 0 Å². The molecular weight excluding hydrogens is 244 g/mol. The van der Waals surface area contributed by atoms with Crippen LogP contribution in [0.2, 0.25) is 0 Å².